The first-order chi connectivity index (χ1) is 12.6. The number of anilines is 1. The summed E-state index contributed by atoms with van der Waals surface area (Å²) in [6, 6.07) is 6.05. The van der Waals surface area contributed by atoms with Gasteiger partial charge in [0.1, 0.15) is 5.69 Å². The fraction of sp³-hybridized carbons (Fsp3) is 0.500. The summed E-state index contributed by atoms with van der Waals surface area (Å²) in [4.78, 5) is 14.8. The maximum absolute atomic E-state index is 13.0. The molecule has 1 aromatic carbocycles. The van der Waals surface area contributed by atoms with Gasteiger partial charge in [0.2, 0.25) is 0 Å². The molecule has 1 saturated heterocycles. The van der Waals surface area contributed by atoms with Crippen LogP contribution in [-0.2, 0) is 15.9 Å². The molecule has 3 heterocycles. The molecule has 0 saturated carbocycles. The molecule has 0 aliphatic carbocycles. The summed E-state index contributed by atoms with van der Waals surface area (Å²) in [5.41, 5.74) is 3.77. The number of aryl methyl sites for hydroxylation is 2. The fourth-order valence-electron chi connectivity index (χ4n) is 3.69. The van der Waals surface area contributed by atoms with Crippen LogP contribution in [0.1, 0.15) is 49.3 Å². The van der Waals surface area contributed by atoms with Crippen LogP contribution in [0.5, 0.6) is 0 Å². The van der Waals surface area contributed by atoms with E-state index >= 15 is 0 Å². The Balaban J connectivity index is 1.62. The van der Waals surface area contributed by atoms with Crippen molar-refractivity contribution in [1.82, 2.24) is 9.78 Å². The molecule has 0 spiro atoms. The average molecular weight is 367 g/mol. The molecule has 0 N–H and O–H groups in total. The largest absolute Gasteiger partial charge is 0.494 e. The zero-order valence-electron chi connectivity index (χ0n) is 16.9. The van der Waals surface area contributed by atoms with Crippen LogP contribution in [0.3, 0.4) is 0 Å². The van der Waals surface area contributed by atoms with Gasteiger partial charge in [-0.1, -0.05) is 12.1 Å². The predicted molar refractivity (Wildman–Crippen MR) is 106 cm³/mol. The Morgan fingerprint density at radius 2 is 1.70 bits per heavy atom. The van der Waals surface area contributed by atoms with E-state index in [1.54, 1.807) is 10.9 Å². The Labute approximate surface area is 160 Å². The summed E-state index contributed by atoms with van der Waals surface area (Å²) >= 11 is 0. The minimum absolute atomic E-state index is 0.00253. The third-order valence-electron chi connectivity index (χ3n) is 6.04. The third kappa shape index (κ3) is 2.80. The highest BCUT2D eigenvalue weighted by Crippen LogP contribution is 2.36. The number of nitrogens with zero attached hydrogens (tertiary/aromatic N) is 3. The van der Waals surface area contributed by atoms with Crippen molar-refractivity contribution in [2.45, 2.75) is 59.3 Å². The lowest BCUT2D eigenvalue weighted by atomic mass is 9.78. The number of carbonyl (C=O) groups excluding carboxylic acids is 1. The van der Waals surface area contributed by atoms with Crippen molar-refractivity contribution in [3.8, 4) is 0 Å². The Kier molecular flexibility index (Phi) is 4.02. The van der Waals surface area contributed by atoms with E-state index in [1.165, 1.54) is 0 Å². The molecular weight excluding hydrogens is 341 g/mol. The van der Waals surface area contributed by atoms with Crippen molar-refractivity contribution in [3.63, 3.8) is 0 Å². The van der Waals surface area contributed by atoms with Crippen LogP contribution in [-0.4, -0.2) is 40.6 Å². The number of carbonyl (C=O) groups is 1. The van der Waals surface area contributed by atoms with E-state index < -0.39 is 7.12 Å². The molecule has 7 heteroatoms. The van der Waals surface area contributed by atoms with Gasteiger partial charge in [0.25, 0.3) is 5.91 Å². The second-order valence-electron chi connectivity index (χ2n) is 8.49. The van der Waals surface area contributed by atoms with Gasteiger partial charge < -0.3 is 14.2 Å². The Morgan fingerprint density at radius 1 is 1.04 bits per heavy atom. The lowest BCUT2D eigenvalue weighted by molar-refractivity contribution is 0.00578. The van der Waals surface area contributed by atoms with Gasteiger partial charge in [-0.05, 0) is 58.6 Å². The van der Waals surface area contributed by atoms with E-state index in [-0.39, 0.29) is 17.1 Å². The lowest BCUT2D eigenvalue weighted by Gasteiger charge is -2.32. The van der Waals surface area contributed by atoms with Crippen LogP contribution < -0.4 is 10.4 Å². The molecule has 4 rings (SSSR count). The summed E-state index contributed by atoms with van der Waals surface area (Å²) in [5, 5.41) is 4.29. The van der Waals surface area contributed by atoms with Gasteiger partial charge >= 0.3 is 7.12 Å². The highest BCUT2D eigenvalue weighted by molar-refractivity contribution is 6.62. The monoisotopic (exact) mass is 367 g/mol. The van der Waals surface area contributed by atoms with Crippen molar-refractivity contribution in [1.29, 1.82) is 0 Å². The van der Waals surface area contributed by atoms with E-state index in [0.717, 1.165) is 22.3 Å². The zero-order chi connectivity index (χ0) is 19.6. The van der Waals surface area contributed by atoms with Crippen LogP contribution in [0.2, 0.25) is 0 Å². The second-order valence-corrected chi connectivity index (χ2v) is 8.49. The van der Waals surface area contributed by atoms with Gasteiger partial charge in [-0.2, -0.15) is 5.10 Å². The van der Waals surface area contributed by atoms with Crippen LogP contribution >= 0.6 is 0 Å². The van der Waals surface area contributed by atoms with Crippen LogP contribution in [0.15, 0.2) is 24.4 Å². The first-order valence-electron chi connectivity index (χ1n) is 9.41. The van der Waals surface area contributed by atoms with Crippen molar-refractivity contribution < 1.29 is 14.1 Å². The standard InChI is InChI=1S/C20H26BN3O3/c1-13-11-15(21-26-19(3,4)20(5,6)27-21)7-8-16(13)23-9-10-24-17(18(23)25)14(2)12-22-24/h7-8,11-12H,9-10H2,1-6H3. The van der Waals surface area contributed by atoms with Gasteiger partial charge in [0.05, 0.1) is 23.9 Å². The van der Waals surface area contributed by atoms with Gasteiger partial charge in [-0.15, -0.1) is 0 Å². The molecule has 1 amide bonds. The normalized spacial score (nSPS) is 20.9. The van der Waals surface area contributed by atoms with Crippen LogP contribution in [0, 0.1) is 13.8 Å². The highest BCUT2D eigenvalue weighted by Gasteiger charge is 2.51. The van der Waals surface area contributed by atoms with Gasteiger partial charge in [-0.3, -0.25) is 9.48 Å². The van der Waals surface area contributed by atoms with Crippen molar-refractivity contribution in [3.05, 3.63) is 41.2 Å². The molecule has 0 unspecified atom stereocenters. The number of fused-ring (bicyclic) bond motifs is 1. The van der Waals surface area contributed by atoms with Crippen LogP contribution in [0.4, 0.5) is 5.69 Å². The van der Waals surface area contributed by atoms with Crippen LogP contribution in [0.25, 0.3) is 0 Å². The molecule has 0 bridgehead atoms. The second kappa shape index (κ2) is 5.94. The van der Waals surface area contributed by atoms with Gasteiger partial charge in [-0.25, -0.2) is 0 Å². The van der Waals surface area contributed by atoms with Crippen molar-refractivity contribution >= 4 is 24.2 Å². The number of rotatable bonds is 2. The molecule has 2 aromatic rings. The summed E-state index contributed by atoms with van der Waals surface area (Å²) in [5.74, 6) is 0.00253. The SMILES string of the molecule is Cc1cc(B2OC(C)(C)C(C)(C)O2)ccc1N1CCn2ncc(C)c2C1=O. The van der Waals surface area contributed by atoms with E-state index in [1.807, 2.05) is 58.6 Å². The van der Waals surface area contributed by atoms with E-state index in [9.17, 15) is 4.79 Å². The van der Waals surface area contributed by atoms with E-state index in [2.05, 4.69) is 11.2 Å². The quantitative estimate of drug-likeness (QED) is 0.766. The number of aromatic nitrogens is 2. The lowest BCUT2D eigenvalue weighted by Crippen LogP contribution is -2.42. The Bertz CT molecular complexity index is 903. The first kappa shape index (κ1) is 18.3. The molecule has 1 fully saturated rings. The molecule has 1 aromatic heterocycles. The van der Waals surface area contributed by atoms with Crippen molar-refractivity contribution in [2.75, 3.05) is 11.4 Å². The van der Waals surface area contributed by atoms with E-state index in [4.69, 9.17) is 9.31 Å². The number of amides is 1. The summed E-state index contributed by atoms with van der Waals surface area (Å²) < 4.78 is 14.1. The fourth-order valence-corrected chi connectivity index (χ4v) is 3.69. The average Bonchev–Trinajstić information content (AvgIpc) is 3.06. The van der Waals surface area contributed by atoms with Crippen molar-refractivity contribution in [2.24, 2.45) is 0 Å². The molecule has 27 heavy (non-hydrogen) atoms. The van der Waals surface area contributed by atoms with Gasteiger partial charge in [0.15, 0.2) is 0 Å². The Hall–Kier alpha value is -2.12. The zero-order valence-corrected chi connectivity index (χ0v) is 16.9. The molecule has 142 valence electrons. The minimum Gasteiger partial charge on any atom is -0.399 e. The molecular formula is C20H26BN3O3. The summed E-state index contributed by atoms with van der Waals surface area (Å²) in [6.07, 6.45) is 1.75. The minimum atomic E-state index is -0.400. The maximum Gasteiger partial charge on any atom is 0.494 e. The molecule has 0 atom stereocenters. The predicted octanol–water partition coefficient (Wildman–Crippen LogP) is 2.46. The highest BCUT2D eigenvalue weighted by atomic mass is 16.7. The Morgan fingerprint density at radius 3 is 2.33 bits per heavy atom. The van der Waals surface area contributed by atoms with Gasteiger partial charge in [0, 0.05) is 17.8 Å². The molecule has 6 nitrogen and oxygen atoms in total. The molecule has 2 aliphatic rings. The number of hydrogen-bond acceptors (Lipinski definition) is 4. The first-order valence-corrected chi connectivity index (χ1v) is 9.41. The third-order valence-corrected chi connectivity index (χ3v) is 6.04. The maximum atomic E-state index is 13.0. The summed E-state index contributed by atoms with van der Waals surface area (Å²) in [6.45, 7) is 13.5. The summed E-state index contributed by atoms with van der Waals surface area (Å²) in [7, 11) is -0.400. The number of hydrogen-bond donors (Lipinski definition) is 0. The topological polar surface area (TPSA) is 56.6 Å². The number of benzene rings is 1. The molecule has 0 radical (unpaired) electrons. The smallest absolute Gasteiger partial charge is 0.399 e. The molecule has 2 aliphatic heterocycles. The van der Waals surface area contributed by atoms with E-state index in [0.29, 0.717) is 18.8 Å².